The zero-order valence-corrected chi connectivity index (χ0v) is 17.7. The fourth-order valence-electron chi connectivity index (χ4n) is 2.09. The summed E-state index contributed by atoms with van der Waals surface area (Å²) in [6, 6.07) is 5.38. The molecule has 2 unspecified atom stereocenters. The van der Waals surface area contributed by atoms with E-state index < -0.39 is 39.8 Å². The summed E-state index contributed by atoms with van der Waals surface area (Å²) in [5, 5.41) is 5.00. The Hall–Kier alpha value is -1.94. The van der Waals surface area contributed by atoms with E-state index >= 15 is 0 Å². The van der Waals surface area contributed by atoms with E-state index in [1.807, 2.05) is 0 Å². The maximum atomic E-state index is 12.4. The lowest BCUT2D eigenvalue weighted by atomic mass is 10.1. The number of esters is 1. The van der Waals surface area contributed by atoms with Gasteiger partial charge >= 0.3 is 5.97 Å². The van der Waals surface area contributed by atoms with E-state index in [0.29, 0.717) is 11.0 Å². The van der Waals surface area contributed by atoms with Gasteiger partial charge in [0.2, 0.25) is 0 Å². The monoisotopic (exact) mass is 462 g/mol. The summed E-state index contributed by atoms with van der Waals surface area (Å²) in [5.41, 5.74) is 0.284. The second kappa shape index (κ2) is 10.4. The highest BCUT2D eigenvalue weighted by Gasteiger charge is 2.28. The molecule has 1 aromatic rings. The molecule has 10 heteroatoms. The van der Waals surface area contributed by atoms with Crippen molar-refractivity contribution in [1.82, 2.24) is 10.6 Å². The molecular formula is C17H23BrN2O6S. The number of carbonyl (C=O) groups excluding carboxylic acids is 3. The van der Waals surface area contributed by atoms with Gasteiger partial charge < -0.3 is 15.4 Å². The quantitative estimate of drug-likeness (QED) is 0.529. The number of amides is 2. The number of hydrogen-bond donors (Lipinski definition) is 2. The number of halogens is 1. The first-order chi connectivity index (χ1) is 12.5. The number of carbonyl (C=O) groups is 3. The summed E-state index contributed by atoms with van der Waals surface area (Å²) < 4.78 is 28.5. The molecule has 0 bridgehead atoms. The lowest BCUT2D eigenvalue weighted by Crippen LogP contribution is -2.46. The Morgan fingerprint density at radius 2 is 1.85 bits per heavy atom. The molecule has 0 aliphatic heterocycles. The molecule has 2 amide bonds. The minimum absolute atomic E-state index is 0.171. The van der Waals surface area contributed by atoms with E-state index in [9.17, 15) is 22.8 Å². The van der Waals surface area contributed by atoms with Crippen molar-refractivity contribution < 1.29 is 27.5 Å². The summed E-state index contributed by atoms with van der Waals surface area (Å²) in [4.78, 5) is 36.6. The van der Waals surface area contributed by atoms with Crippen LogP contribution in [0.25, 0.3) is 0 Å². The Morgan fingerprint density at radius 3 is 2.41 bits per heavy atom. The molecular weight excluding hydrogens is 440 g/mol. The van der Waals surface area contributed by atoms with Gasteiger partial charge in [-0.2, -0.15) is 0 Å². The number of likely N-dealkylation sites (N-methyl/N-ethyl adjacent to an activating group) is 1. The summed E-state index contributed by atoms with van der Waals surface area (Å²) in [6.45, 7) is 3.49. The van der Waals surface area contributed by atoms with Crippen LogP contribution >= 0.6 is 15.9 Å². The molecule has 0 spiro atoms. The van der Waals surface area contributed by atoms with Gasteiger partial charge in [-0.05, 0) is 48.3 Å². The van der Waals surface area contributed by atoms with E-state index in [1.165, 1.54) is 6.92 Å². The van der Waals surface area contributed by atoms with Crippen molar-refractivity contribution in [2.75, 3.05) is 18.6 Å². The predicted octanol–water partition coefficient (Wildman–Crippen LogP) is 1.05. The van der Waals surface area contributed by atoms with Gasteiger partial charge in [0.1, 0.15) is 15.9 Å². The molecule has 2 N–H and O–H groups in total. The number of benzene rings is 1. The molecule has 0 saturated carbocycles. The van der Waals surface area contributed by atoms with Crippen molar-refractivity contribution in [2.24, 2.45) is 0 Å². The molecule has 1 aromatic carbocycles. The van der Waals surface area contributed by atoms with E-state index in [-0.39, 0.29) is 17.7 Å². The first-order valence-electron chi connectivity index (χ1n) is 8.26. The second-order valence-electron chi connectivity index (χ2n) is 5.90. The average Bonchev–Trinajstić information content (AvgIpc) is 2.57. The van der Waals surface area contributed by atoms with Crippen LogP contribution in [-0.4, -0.2) is 56.9 Å². The molecule has 0 aliphatic carbocycles. The van der Waals surface area contributed by atoms with Gasteiger partial charge in [0.15, 0.2) is 6.10 Å². The molecule has 150 valence electrons. The van der Waals surface area contributed by atoms with Gasteiger partial charge in [-0.25, -0.2) is 13.2 Å². The molecule has 1 rings (SSSR count). The molecule has 8 nitrogen and oxygen atoms in total. The third-order valence-electron chi connectivity index (χ3n) is 3.50. The van der Waals surface area contributed by atoms with E-state index in [0.717, 1.165) is 6.26 Å². The number of nitrogens with one attached hydrogen (secondary N) is 2. The van der Waals surface area contributed by atoms with E-state index in [2.05, 4.69) is 26.6 Å². The summed E-state index contributed by atoms with van der Waals surface area (Å²) >= 11 is 3.25. The maximum absolute atomic E-state index is 12.4. The second-order valence-corrected chi connectivity index (χ2v) is 9.01. The largest absolute Gasteiger partial charge is 0.451 e. The number of rotatable bonds is 9. The molecule has 0 aliphatic rings. The average molecular weight is 463 g/mol. The molecule has 0 aromatic heterocycles. The predicted molar refractivity (Wildman–Crippen MR) is 104 cm³/mol. The molecule has 0 saturated heterocycles. The number of hydrogen-bond acceptors (Lipinski definition) is 6. The third kappa shape index (κ3) is 8.08. The molecule has 0 heterocycles. The zero-order chi connectivity index (χ0) is 20.6. The van der Waals surface area contributed by atoms with Gasteiger partial charge in [-0.3, -0.25) is 9.59 Å². The lowest BCUT2D eigenvalue weighted by molar-refractivity contribution is -0.156. The maximum Gasteiger partial charge on any atom is 0.329 e. The van der Waals surface area contributed by atoms with Crippen LogP contribution in [0.1, 0.15) is 30.6 Å². The highest BCUT2D eigenvalue weighted by molar-refractivity contribution is 9.10. The van der Waals surface area contributed by atoms with Crippen LogP contribution < -0.4 is 10.6 Å². The van der Waals surface area contributed by atoms with Gasteiger partial charge in [0.25, 0.3) is 11.8 Å². The van der Waals surface area contributed by atoms with Crippen LogP contribution in [0.4, 0.5) is 0 Å². The van der Waals surface area contributed by atoms with Crippen LogP contribution in [0.2, 0.25) is 0 Å². The minimum Gasteiger partial charge on any atom is -0.451 e. The fraction of sp³-hybridized carbons (Fsp3) is 0.471. The highest BCUT2D eigenvalue weighted by atomic mass is 79.9. The molecule has 2 atom stereocenters. The van der Waals surface area contributed by atoms with E-state index in [4.69, 9.17) is 4.74 Å². The van der Waals surface area contributed by atoms with Gasteiger partial charge in [0, 0.05) is 17.3 Å². The van der Waals surface area contributed by atoms with Crippen molar-refractivity contribution in [3.63, 3.8) is 0 Å². The van der Waals surface area contributed by atoms with Crippen molar-refractivity contribution in [3.8, 4) is 0 Å². The topological polar surface area (TPSA) is 119 Å². The normalized spacial score (nSPS) is 13.3. The minimum atomic E-state index is -3.36. The number of sulfone groups is 1. The Balaban J connectivity index is 2.92. The van der Waals surface area contributed by atoms with Crippen molar-refractivity contribution in [2.45, 2.75) is 32.4 Å². The first kappa shape index (κ1) is 23.1. The third-order valence-corrected chi connectivity index (χ3v) is 5.17. The molecule has 0 radical (unpaired) electrons. The Morgan fingerprint density at radius 1 is 1.22 bits per heavy atom. The Bertz CT molecular complexity index is 796. The Kier molecular flexibility index (Phi) is 8.91. The van der Waals surface area contributed by atoms with Crippen LogP contribution in [0.3, 0.4) is 0 Å². The number of ether oxygens (including phenoxy) is 1. The van der Waals surface area contributed by atoms with Gasteiger partial charge in [-0.1, -0.05) is 12.1 Å². The van der Waals surface area contributed by atoms with Gasteiger partial charge in [-0.15, -0.1) is 0 Å². The summed E-state index contributed by atoms with van der Waals surface area (Å²) in [6.07, 6.45) is -0.211. The van der Waals surface area contributed by atoms with Crippen molar-refractivity contribution in [3.05, 3.63) is 34.3 Å². The molecule has 0 fully saturated rings. The van der Waals surface area contributed by atoms with Crippen molar-refractivity contribution in [1.29, 1.82) is 0 Å². The van der Waals surface area contributed by atoms with Crippen LogP contribution in [0.5, 0.6) is 0 Å². The summed E-state index contributed by atoms with van der Waals surface area (Å²) in [7, 11) is -3.36. The van der Waals surface area contributed by atoms with E-state index in [1.54, 1.807) is 31.2 Å². The highest BCUT2D eigenvalue weighted by Crippen LogP contribution is 2.16. The smallest absolute Gasteiger partial charge is 0.329 e. The zero-order valence-electron chi connectivity index (χ0n) is 15.3. The molecule has 27 heavy (non-hydrogen) atoms. The lowest BCUT2D eigenvalue weighted by Gasteiger charge is -2.20. The standard InChI is InChI=1S/C17H23BrN2O6S/c1-4-19-15(21)11(2)26-17(23)14(9-10-27(3,24)25)20-16(22)12-7-5-6-8-13(12)18/h5-8,11,14H,4,9-10H2,1-3H3,(H,19,21)(H,20,22). The first-order valence-corrected chi connectivity index (χ1v) is 11.1. The van der Waals surface area contributed by atoms with Gasteiger partial charge in [0.05, 0.1) is 11.3 Å². The van der Waals surface area contributed by atoms with Crippen LogP contribution in [0.15, 0.2) is 28.7 Å². The SMILES string of the molecule is CCNC(=O)C(C)OC(=O)C(CCS(C)(=O)=O)NC(=O)c1ccccc1Br. The Labute approximate surface area is 167 Å². The van der Waals surface area contributed by atoms with Crippen molar-refractivity contribution >= 4 is 43.6 Å². The van der Waals surface area contributed by atoms with Crippen LogP contribution in [-0.2, 0) is 24.2 Å². The fourth-order valence-corrected chi connectivity index (χ4v) is 3.22. The summed E-state index contributed by atoms with van der Waals surface area (Å²) in [5.74, 6) is -2.25. The van der Waals surface area contributed by atoms with Crippen LogP contribution in [0, 0.1) is 0 Å².